The van der Waals surface area contributed by atoms with Crippen LogP contribution < -0.4 is 10.6 Å². The monoisotopic (exact) mass is 504 g/mol. The number of amides is 1. The molecule has 0 saturated carbocycles. The van der Waals surface area contributed by atoms with Crippen molar-refractivity contribution in [2.45, 2.75) is 50.9 Å². The second-order valence-electron chi connectivity index (χ2n) is 8.49. The van der Waals surface area contributed by atoms with Crippen LogP contribution in [-0.2, 0) is 17.6 Å². The molecule has 11 heteroatoms. The molecule has 0 saturated heterocycles. The fourth-order valence-electron chi connectivity index (χ4n) is 4.71. The summed E-state index contributed by atoms with van der Waals surface area (Å²) in [5, 5.41) is 10.1. The maximum absolute atomic E-state index is 13.9. The Morgan fingerprint density at radius 2 is 2.03 bits per heavy atom. The lowest BCUT2D eigenvalue weighted by Gasteiger charge is -2.34. The molecule has 1 amide bonds. The molecule has 184 valence electrons. The molecule has 2 N–H and O–H groups in total. The quantitative estimate of drug-likeness (QED) is 0.447. The van der Waals surface area contributed by atoms with Gasteiger partial charge in [0.25, 0.3) is 5.91 Å². The van der Waals surface area contributed by atoms with Gasteiger partial charge in [-0.25, -0.2) is 9.48 Å². The number of hydrogen-bond donors (Lipinski definition) is 2. The number of nitrogens with one attached hydrogen (secondary N) is 2. The van der Waals surface area contributed by atoms with E-state index in [9.17, 15) is 22.8 Å². The summed E-state index contributed by atoms with van der Waals surface area (Å²) in [4.78, 5) is 26.9. The Balaban J connectivity index is 1.49. The van der Waals surface area contributed by atoms with Gasteiger partial charge in [0.15, 0.2) is 6.04 Å². The molecule has 0 fully saturated rings. The van der Waals surface area contributed by atoms with Gasteiger partial charge < -0.3 is 15.4 Å². The van der Waals surface area contributed by atoms with E-state index < -0.39 is 30.1 Å². The molecule has 7 nitrogen and oxygen atoms in total. The summed E-state index contributed by atoms with van der Waals surface area (Å²) >= 11 is 1.31. The molecule has 0 radical (unpaired) electrons. The van der Waals surface area contributed by atoms with Crippen molar-refractivity contribution in [2.75, 3.05) is 17.2 Å². The van der Waals surface area contributed by atoms with Crippen molar-refractivity contribution in [1.29, 1.82) is 0 Å². The average molecular weight is 505 g/mol. The summed E-state index contributed by atoms with van der Waals surface area (Å²) in [5.74, 6) is -1.16. The van der Waals surface area contributed by atoms with Gasteiger partial charge in [-0.3, -0.25) is 4.79 Å². The number of thiophene rings is 1. The Morgan fingerprint density at radius 1 is 1.26 bits per heavy atom. The number of alkyl halides is 3. The van der Waals surface area contributed by atoms with Crippen molar-refractivity contribution < 1.29 is 27.5 Å². The van der Waals surface area contributed by atoms with E-state index in [1.165, 1.54) is 11.3 Å². The summed E-state index contributed by atoms with van der Waals surface area (Å²) in [7, 11) is 0. The molecule has 35 heavy (non-hydrogen) atoms. The summed E-state index contributed by atoms with van der Waals surface area (Å²) in [6.45, 7) is 1.89. The molecule has 1 aliphatic carbocycles. The van der Waals surface area contributed by atoms with Gasteiger partial charge in [-0.2, -0.15) is 18.3 Å². The minimum Gasteiger partial charge on any atom is -0.462 e. The summed E-state index contributed by atoms with van der Waals surface area (Å²) in [5.41, 5.74) is 1.87. The van der Waals surface area contributed by atoms with Crippen LogP contribution in [0.4, 0.5) is 24.0 Å². The standard InChI is InChI=1S/C24H23F3N4O3S/c1-2-34-23(33)19-14-9-6-10-17(14)35-22(19)30-21(32)15-12-28-31-18(24(25,26)27)11-16(29-20(15)31)13-7-4-3-5-8-13/h3-5,7-8,12,16,18,29H,2,6,9-11H2,1H3,(H,30,32). The third-order valence-corrected chi connectivity index (χ3v) is 7.52. The molecule has 5 rings (SSSR count). The largest absolute Gasteiger partial charge is 0.462 e. The van der Waals surface area contributed by atoms with Gasteiger partial charge in [-0.05, 0) is 37.3 Å². The molecular weight excluding hydrogens is 481 g/mol. The van der Waals surface area contributed by atoms with E-state index in [1.54, 1.807) is 37.3 Å². The Kier molecular flexibility index (Phi) is 6.04. The van der Waals surface area contributed by atoms with Crippen LogP contribution in [0.2, 0.25) is 0 Å². The van der Waals surface area contributed by atoms with Gasteiger partial charge >= 0.3 is 12.1 Å². The lowest BCUT2D eigenvalue weighted by molar-refractivity contribution is -0.173. The van der Waals surface area contributed by atoms with Crippen LogP contribution in [0.1, 0.15) is 68.6 Å². The van der Waals surface area contributed by atoms with Gasteiger partial charge in [0.2, 0.25) is 0 Å². The second-order valence-corrected chi connectivity index (χ2v) is 9.59. The highest BCUT2D eigenvalue weighted by molar-refractivity contribution is 7.17. The molecule has 0 bridgehead atoms. The first-order valence-corrected chi connectivity index (χ1v) is 12.2. The number of nitrogens with zero attached hydrogens (tertiary/aromatic N) is 2. The molecule has 3 aromatic rings. The van der Waals surface area contributed by atoms with Crippen LogP contribution in [0.15, 0.2) is 36.5 Å². The topological polar surface area (TPSA) is 85.2 Å². The highest BCUT2D eigenvalue weighted by atomic mass is 32.1. The van der Waals surface area contributed by atoms with Crippen LogP contribution >= 0.6 is 11.3 Å². The van der Waals surface area contributed by atoms with Gasteiger partial charge in [0, 0.05) is 11.3 Å². The zero-order valence-electron chi connectivity index (χ0n) is 18.8. The molecule has 3 heterocycles. The number of ether oxygens (including phenoxy) is 1. The fraction of sp³-hybridized carbons (Fsp3) is 0.375. The number of carbonyl (C=O) groups is 2. The minimum atomic E-state index is -4.55. The lowest BCUT2D eigenvalue weighted by Crippen LogP contribution is -2.36. The number of esters is 1. The summed E-state index contributed by atoms with van der Waals surface area (Å²) in [6.07, 6.45) is -1.23. The number of aryl methyl sites for hydroxylation is 1. The first kappa shape index (κ1) is 23.4. The Labute approximate surface area is 203 Å². The molecule has 2 atom stereocenters. The molecule has 1 aromatic carbocycles. The number of fused-ring (bicyclic) bond motifs is 2. The van der Waals surface area contributed by atoms with E-state index >= 15 is 0 Å². The number of carbonyl (C=O) groups excluding carboxylic acids is 2. The molecule has 2 aliphatic rings. The van der Waals surface area contributed by atoms with Gasteiger partial charge in [-0.15, -0.1) is 11.3 Å². The van der Waals surface area contributed by atoms with Gasteiger partial charge in [-0.1, -0.05) is 30.3 Å². The van der Waals surface area contributed by atoms with Crippen molar-refractivity contribution in [1.82, 2.24) is 9.78 Å². The van der Waals surface area contributed by atoms with E-state index in [-0.39, 0.29) is 24.4 Å². The van der Waals surface area contributed by atoms with Crippen LogP contribution in [0.5, 0.6) is 0 Å². The van der Waals surface area contributed by atoms with Crippen molar-refractivity contribution in [2.24, 2.45) is 0 Å². The summed E-state index contributed by atoms with van der Waals surface area (Å²) < 4.78 is 47.8. The molecule has 2 aromatic heterocycles. The highest BCUT2D eigenvalue weighted by Gasteiger charge is 2.47. The van der Waals surface area contributed by atoms with E-state index in [1.807, 2.05) is 0 Å². The first-order valence-electron chi connectivity index (χ1n) is 11.4. The number of hydrogen-bond acceptors (Lipinski definition) is 6. The number of rotatable bonds is 5. The molecule has 1 aliphatic heterocycles. The first-order chi connectivity index (χ1) is 16.8. The number of halogens is 3. The highest BCUT2D eigenvalue weighted by Crippen LogP contribution is 2.45. The van der Waals surface area contributed by atoms with Gasteiger partial charge in [0.05, 0.1) is 24.4 Å². The average Bonchev–Trinajstić information content (AvgIpc) is 3.52. The Morgan fingerprint density at radius 3 is 2.74 bits per heavy atom. The Hall–Kier alpha value is -3.34. The molecule has 0 spiro atoms. The SMILES string of the molecule is CCOC(=O)c1c(NC(=O)c2cnn3c2NC(c2ccccc2)CC3C(F)(F)F)sc2c1CCC2. The number of anilines is 2. The number of aromatic nitrogens is 2. The zero-order chi connectivity index (χ0) is 24.7. The third kappa shape index (κ3) is 4.29. The van der Waals surface area contributed by atoms with Crippen LogP contribution in [-0.4, -0.2) is 34.4 Å². The van der Waals surface area contributed by atoms with Gasteiger partial charge in [0.1, 0.15) is 16.4 Å². The molecule has 2 unspecified atom stereocenters. The maximum Gasteiger partial charge on any atom is 0.410 e. The van der Waals surface area contributed by atoms with Crippen LogP contribution in [0.3, 0.4) is 0 Å². The number of benzene rings is 1. The van der Waals surface area contributed by atoms with Crippen LogP contribution in [0, 0.1) is 0 Å². The zero-order valence-corrected chi connectivity index (χ0v) is 19.6. The normalized spacial score (nSPS) is 19.0. The van der Waals surface area contributed by atoms with Crippen molar-refractivity contribution in [3.63, 3.8) is 0 Å². The molecular formula is C24H23F3N4O3S. The third-order valence-electron chi connectivity index (χ3n) is 6.31. The predicted molar refractivity (Wildman–Crippen MR) is 125 cm³/mol. The second kappa shape index (κ2) is 9.03. The Bertz CT molecular complexity index is 1270. The maximum atomic E-state index is 13.9. The summed E-state index contributed by atoms with van der Waals surface area (Å²) in [6, 6.07) is 6.25. The van der Waals surface area contributed by atoms with E-state index in [0.717, 1.165) is 34.2 Å². The van der Waals surface area contributed by atoms with Crippen molar-refractivity contribution in [3.8, 4) is 0 Å². The van der Waals surface area contributed by atoms with E-state index in [0.29, 0.717) is 22.5 Å². The van der Waals surface area contributed by atoms with E-state index in [4.69, 9.17) is 4.74 Å². The van der Waals surface area contributed by atoms with Crippen LogP contribution in [0.25, 0.3) is 0 Å². The minimum absolute atomic E-state index is 0.00768. The van der Waals surface area contributed by atoms with E-state index in [2.05, 4.69) is 15.7 Å². The fourth-order valence-corrected chi connectivity index (χ4v) is 5.99. The lowest BCUT2D eigenvalue weighted by atomic mass is 9.96. The van der Waals surface area contributed by atoms with Crippen molar-refractivity contribution in [3.05, 3.63) is 63.7 Å². The predicted octanol–water partition coefficient (Wildman–Crippen LogP) is 5.52. The smallest absolute Gasteiger partial charge is 0.410 e. The van der Waals surface area contributed by atoms with Crippen molar-refractivity contribution >= 4 is 34.0 Å².